The van der Waals surface area contributed by atoms with Crippen LogP contribution in [0.1, 0.15) is 19.3 Å². The number of piperazine rings is 1. The molecule has 1 heterocycles. The minimum atomic E-state index is 0.934. The summed E-state index contributed by atoms with van der Waals surface area (Å²) in [7, 11) is 2.22. The number of allylic oxidation sites excluding steroid dienone is 2. The van der Waals surface area contributed by atoms with Crippen LogP contribution in [-0.2, 0) is 0 Å². The second kappa shape index (κ2) is 4.94. The standard InChI is InChI=1S/C12H22N2/c1-13-7-9-14(10-8-13)11-12-5-3-2-4-6-12/h2-3,12H,4-11H2,1H3. The van der Waals surface area contributed by atoms with Crippen LogP contribution >= 0.6 is 0 Å². The fraction of sp³-hybridized carbons (Fsp3) is 0.833. The fourth-order valence-corrected chi connectivity index (χ4v) is 2.42. The molecule has 0 aromatic carbocycles. The molecule has 0 saturated carbocycles. The van der Waals surface area contributed by atoms with E-state index in [1.165, 1.54) is 52.0 Å². The van der Waals surface area contributed by atoms with Crippen molar-refractivity contribution in [1.29, 1.82) is 0 Å². The lowest BCUT2D eigenvalue weighted by atomic mass is 9.94. The number of nitrogens with zero attached hydrogens (tertiary/aromatic N) is 2. The molecule has 1 aliphatic carbocycles. The lowest BCUT2D eigenvalue weighted by Gasteiger charge is -2.35. The summed E-state index contributed by atoms with van der Waals surface area (Å²) in [6, 6.07) is 0. The summed E-state index contributed by atoms with van der Waals surface area (Å²) in [6.45, 7) is 6.39. The van der Waals surface area contributed by atoms with Crippen molar-refractivity contribution in [2.45, 2.75) is 19.3 Å². The molecule has 2 aliphatic rings. The third kappa shape index (κ3) is 2.82. The number of rotatable bonds is 2. The molecule has 0 radical (unpaired) electrons. The molecule has 1 fully saturated rings. The summed E-state index contributed by atoms with van der Waals surface area (Å²) in [5, 5.41) is 0. The van der Waals surface area contributed by atoms with Gasteiger partial charge in [-0.05, 0) is 32.2 Å². The average Bonchev–Trinajstić information content (AvgIpc) is 2.23. The Kier molecular flexibility index (Phi) is 3.60. The Bertz CT molecular complexity index is 192. The fourth-order valence-electron chi connectivity index (χ4n) is 2.42. The van der Waals surface area contributed by atoms with Crippen LogP contribution in [0.5, 0.6) is 0 Å². The van der Waals surface area contributed by atoms with Gasteiger partial charge < -0.3 is 9.80 Å². The molecule has 0 spiro atoms. The number of likely N-dealkylation sites (N-methyl/N-ethyl adjacent to an activating group) is 1. The van der Waals surface area contributed by atoms with Crippen molar-refractivity contribution in [1.82, 2.24) is 9.80 Å². The van der Waals surface area contributed by atoms with Crippen LogP contribution in [0.15, 0.2) is 12.2 Å². The summed E-state index contributed by atoms with van der Waals surface area (Å²) < 4.78 is 0. The van der Waals surface area contributed by atoms with Gasteiger partial charge in [0, 0.05) is 32.7 Å². The summed E-state index contributed by atoms with van der Waals surface area (Å²) in [5.41, 5.74) is 0. The highest BCUT2D eigenvalue weighted by Crippen LogP contribution is 2.19. The molecule has 1 aliphatic heterocycles. The smallest absolute Gasteiger partial charge is 0.0110 e. The summed E-state index contributed by atoms with van der Waals surface area (Å²) in [5.74, 6) is 0.934. The van der Waals surface area contributed by atoms with E-state index in [1.807, 2.05) is 0 Å². The first-order chi connectivity index (χ1) is 6.84. The van der Waals surface area contributed by atoms with Gasteiger partial charge in [-0.2, -0.15) is 0 Å². The van der Waals surface area contributed by atoms with Crippen LogP contribution in [0.3, 0.4) is 0 Å². The molecule has 1 atom stereocenters. The van der Waals surface area contributed by atoms with Gasteiger partial charge in [0.15, 0.2) is 0 Å². The van der Waals surface area contributed by atoms with E-state index in [2.05, 4.69) is 29.0 Å². The van der Waals surface area contributed by atoms with Crippen molar-refractivity contribution >= 4 is 0 Å². The first kappa shape index (κ1) is 10.2. The molecule has 0 N–H and O–H groups in total. The van der Waals surface area contributed by atoms with E-state index < -0.39 is 0 Å². The average molecular weight is 194 g/mol. The third-order valence-corrected chi connectivity index (χ3v) is 3.49. The van der Waals surface area contributed by atoms with Crippen molar-refractivity contribution in [3.63, 3.8) is 0 Å². The van der Waals surface area contributed by atoms with Crippen LogP contribution < -0.4 is 0 Å². The predicted octanol–water partition coefficient (Wildman–Crippen LogP) is 1.59. The molecule has 1 saturated heterocycles. The second-order valence-corrected chi connectivity index (χ2v) is 4.75. The Labute approximate surface area is 87.6 Å². The molecular formula is C12H22N2. The largest absolute Gasteiger partial charge is 0.304 e. The molecule has 14 heavy (non-hydrogen) atoms. The van der Waals surface area contributed by atoms with Crippen LogP contribution in [-0.4, -0.2) is 49.6 Å². The third-order valence-electron chi connectivity index (χ3n) is 3.49. The van der Waals surface area contributed by atoms with Gasteiger partial charge in [-0.1, -0.05) is 12.2 Å². The SMILES string of the molecule is CN1CCN(CC2CC=CCC2)CC1. The lowest BCUT2D eigenvalue weighted by Crippen LogP contribution is -2.46. The highest BCUT2D eigenvalue weighted by Gasteiger charge is 2.18. The molecule has 2 rings (SSSR count). The van der Waals surface area contributed by atoms with E-state index in [4.69, 9.17) is 0 Å². The maximum absolute atomic E-state index is 2.64. The molecule has 0 bridgehead atoms. The first-order valence-electron chi connectivity index (χ1n) is 5.90. The number of hydrogen-bond acceptors (Lipinski definition) is 2. The molecule has 0 aromatic rings. The van der Waals surface area contributed by atoms with E-state index in [0.29, 0.717) is 0 Å². The van der Waals surface area contributed by atoms with Crippen molar-refractivity contribution in [3.05, 3.63) is 12.2 Å². The predicted molar refractivity (Wildman–Crippen MR) is 60.4 cm³/mol. The number of hydrogen-bond donors (Lipinski definition) is 0. The highest BCUT2D eigenvalue weighted by atomic mass is 15.2. The first-order valence-corrected chi connectivity index (χ1v) is 5.90. The molecule has 0 amide bonds. The Hall–Kier alpha value is -0.340. The zero-order chi connectivity index (χ0) is 9.80. The van der Waals surface area contributed by atoms with Crippen molar-refractivity contribution in [3.8, 4) is 0 Å². The van der Waals surface area contributed by atoms with Gasteiger partial charge >= 0.3 is 0 Å². The summed E-state index contributed by atoms with van der Waals surface area (Å²) >= 11 is 0. The highest BCUT2D eigenvalue weighted by molar-refractivity contribution is 4.91. The van der Waals surface area contributed by atoms with Gasteiger partial charge in [0.05, 0.1) is 0 Å². The van der Waals surface area contributed by atoms with E-state index >= 15 is 0 Å². The van der Waals surface area contributed by atoms with Gasteiger partial charge in [0.1, 0.15) is 0 Å². The molecule has 2 heteroatoms. The van der Waals surface area contributed by atoms with Gasteiger partial charge in [-0.25, -0.2) is 0 Å². The van der Waals surface area contributed by atoms with Crippen molar-refractivity contribution < 1.29 is 0 Å². The Morgan fingerprint density at radius 1 is 1.14 bits per heavy atom. The van der Waals surface area contributed by atoms with Gasteiger partial charge in [-0.3, -0.25) is 0 Å². The Morgan fingerprint density at radius 2 is 1.93 bits per heavy atom. The van der Waals surface area contributed by atoms with Gasteiger partial charge in [-0.15, -0.1) is 0 Å². The minimum absolute atomic E-state index is 0.934. The van der Waals surface area contributed by atoms with Crippen LogP contribution in [0.2, 0.25) is 0 Å². The second-order valence-electron chi connectivity index (χ2n) is 4.75. The molecule has 80 valence electrons. The Balaban J connectivity index is 1.72. The quantitative estimate of drug-likeness (QED) is 0.616. The maximum atomic E-state index is 2.64. The van der Waals surface area contributed by atoms with Crippen molar-refractivity contribution in [2.75, 3.05) is 39.8 Å². The van der Waals surface area contributed by atoms with Gasteiger partial charge in [0.2, 0.25) is 0 Å². The molecular weight excluding hydrogens is 172 g/mol. The van der Waals surface area contributed by atoms with Crippen LogP contribution in [0.25, 0.3) is 0 Å². The molecule has 0 aromatic heterocycles. The lowest BCUT2D eigenvalue weighted by molar-refractivity contribution is 0.133. The van der Waals surface area contributed by atoms with Crippen molar-refractivity contribution in [2.24, 2.45) is 5.92 Å². The van der Waals surface area contributed by atoms with Crippen LogP contribution in [0.4, 0.5) is 0 Å². The molecule has 2 nitrogen and oxygen atoms in total. The zero-order valence-corrected chi connectivity index (χ0v) is 9.28. The zero-order valence-electron chi connectivity index (χ0n) is 9.28. The topological polar surface area (TPSA) is 6.48 Å². The van der Waals surface area contributed by atoms with Gasteiger partial charge in [0.25, 0.3) is 0 Å². The van der Waals surface area contributed by atoms with E-state index in [0.717, 1.165) is 5.92 Å². The monoisotopic (exact) mass is 194 g/mol. The van der Waals surface area contributed by atoms with E-state index in [1.54, 1.807) is 0 Å². The Morgan fingerprint density at radius 3 is 2.57 bits per heavy atom. The van der Waals surface area contributed by atoms with Crippen LogP contribution in [0, 0.1) is 5.92 Å². The van der Waals surface area contributed by atoms with E-state index in [9.17, 15) is 0 Å². The normalized spacial score (nSPS) is 30.8. The summed E-state index contributed by atoms with van der Waals surface area (Å²) in [4.78, 5) is 5.07. The van der Waals surface area contributed by atoms with E-state index in [-0.39, 0.29) is 0 Å². The maximum Gasteiger partial charge on any atom is 0.0110 e. The summed E-state index contributed by atoms with van der Waals surface area (Å²) in [6.07, 6.45) is 8.72. The molecule has 1 unspecified atom stereocenters. The minimum Gasteiger partial charge on any atom is -0.304 e.